The standard InChI is InChI=1S/C12H21N5O/c1-16-4-3-5-17(2)10(8-16)11-14-7-9(6-13)12(18)15-11/h7,10H,3-6,8,13H2,1-2H3,(H,14,15,18). The number of hydrogen-bond acceptors (Lipinski definition) is 5. The molecule has 1 unspecified atom stereocenters. The zero-order valence-corrected chi connectivity index (χ0v) is 11.0. The van der Waals surface area contributed by atoms with Crippen LogP contribution >= 0.6 is 0 Å². The van der Waals surface area contributed by atoms with Gasteiger partial charge >= 0.3 is 0 Å². The topological polar surface area (TPSA) is 78.2 Å². The smallest absolute Gasteiger partial charge is 0.255 e. The summed E-state index contributed by atoms with van der Waals surface area (Å²) in [5.74, 6) is 0.730. The van der Waals surface area contributed by atoms with Crippen molar-refractivity contribution in [2.75, 3.05) is 33.7 Å². The number of nitrogens with two attached hydrogens (primary N) is 1. The quantitative estimate of drug-likeness (QED) is 0.743. The fourth-order valence-electron chi connectivity index (χ4n) is 2.32. The third-order valence-electron chi connectivity index (χ3n) is 3.50. The number of nitrogens with zero attached hydrogens (tertiary/aromatic N) is 3. The van der Waals surface area contributed by atoms with Crippen molar-refractivity contribution in [3.8, 4) is 0 Å². The highest BCUT2D eigenvalue weighted by Gasteiger charge is 2.24. The molecule has 0 radical (unpaired) electrons. The van der Waals surface area contributed by atoms with E-state index in [-0.39, 0.29) is 18.1 Å². The van der Waals surface area contributed by atoms with E-state index in [1.807, 2.05) is 0 Å². The maximum atomic E-state index is 11.8. The highest BCUT2D eigenvalue weighted by atomic mass is 16.1. The van der Waals surface area contributed by atoms with E-state index in [1.165, 1.54) is 0 Å². The molecule has 0 saturated carbocycles. The lowest BCUT2D eigenvalue weighted by molar-refractivity contribution is 0.219. The van der Waals surface area contributed by atoms with E-state index >= 15 is 0 Å². The van der Waals surface area contributed by atoms with Gasteiger partial charge in [-0.3, -0.25) is 9.69 Å². The minimum Gasteiger partial charge on any atom is -0.326 e. The average Bonchev–Trinajstić information content (AvgIpc) is 2.51. The summed E-state index contributed by atoms with van der Waals surface area (Å²) in [6, 6.07) is 0.136. The van der Waals surface area contributed by atoms with E-state index in [9.17, 15) is 4.79 Å². The van der Waals surface area contributed by atoms with Crippen molar-refractivity contribution < 1.29 is 0 Å². The second kappa shape index (κ2) is 5.60. The second-order valence-corrected chi connectivity index (χ2v) is 4.94. The van der Waals surface area contributed by atoms with Gasteiger partial charge in [0.05, 0.1) is 6.04 Å². The van der Waals surface area contributed by atoms with Crippen LogP contribution in [0.25, 0.3) is 0 Å². The van der Waals surface area contributed by atoms with Gasteiger partial charge in [0.15, 0.2) is 0 Å². The van der Waals surface area contributed by atoms with E-state index in [0.29, 0.717) is 5.56 Å². The van der Waals surface area contributed by atoms with E-state index in [2.05, 4.69) is 33.9 Å². The maximum absolute atomic E-state index is 11.8. The van der Waals surface area contributed by atoms with Gasteiger partial charge < -0.3 is 15.6 Å². The fourth-order valence-corrected chi connectivity index (χ4v) is 2.32. The van der Waals surface area contributed by atoms with E-state index in [1.54, 1.807) is 6.20 Å². The third-order valence-corrected chi connectivity index (χ3v) is 3.50. The van der Waals surface area contributed by atoms with Gasteiger partial charge in [-0.15, -0.1) is 0 Å². The molecule has 6 heteroatoms. The minimum absolute atomic E-state index is 0.122. The molecule has 0 bridgehead atoms. The van der Waals surface area contributed by atoms with Crippen LogP contribution in [0.1, 0.15) is 23.9 Å². The molecule has 1 aliphatic rings. The fraction of sp³-hybridized carbons (Fsp3) is 0.667. The van der Waals surface area contributed by atoms with Crippen LogP contribution in [0.3, 0.4) is 0 Å². The number of aromatic amines is 1. The summed E-state index contributed by atoms with van der Waals surface area (Å²) in [5.41, 5.74) is 5.88. The molecule has 1 fully saturated rings. The van der Waals surface area contributed by atoms with Crippen LogP contribution in [0.2, 0.25) is 0 Å². The van der Waals surface area contributed by atoms with Crippen LogP contribution in [-0.4, -0.2) is 53.5 Å². The molecule has 0 spiro atoms. The number of aromatic nitrogens is 2. The molecule has 2 heterocycles. The molecule has 0 amide bonds. The predicted octanol–water partition coefficient (Wildman–Crippen LogP) is -0.463. The summed E-state index contributed by atoms with van der Waals surface area (Å²) in [6.45, 7) is 3.19. The Hall–Kier alpha value is -1.24. The van der Waals surface area contributed by atoms with Crippen molar-refractivity contribution in [2.24, 2.45) is 5.73 Å². The molecule has 100 valence electrons. The molecule has 1 atom stereocenters. The minimum atomic E-state index is -0.122. The monoisotopic (exact) mass is 251 g/mol. The first-order valence-corrected chi connectivity index (χ1v) is 6.28. The molecule has 2 rings (SSSR count). The van der Waals surface area contributed by atoms with Crippen LogP contribution < -0.4 is 11.3 Å². The zero-order valence-electron chi connectivity index (χ0n) is 11.0. The lowest BCUT2D eigenvalue weighted by Crippen LogP contribution is -2.33. The second-order valence-electron chi connectivity index (χ2n) is 4.94. The summed E-state index contributed by atoms with van der Waals surface area (Å²) in [5, 5.41) is 0. The first-order valence-electron chi connectivity index (χ1n) is 6.28. The van der Waals surface area contributed by atoms with Crippen molar-refractivity contribution in [1.29, 1.82) is 0 Å². The van der Waals surface area contributed by atoms with Crippen molar-refractivity contribution in [3.63, 3.8) is 0 Å². The summed E-state index contributed by atoms with van der Waals surface area (Å²) in [4.78, 5) is 23.5. The van der Waals surface area contributed by atoms with Gasteiger partial charge in [-0.25, -0.2) is 4.98 Å². The molecule has 1 aliphatic heterocycles. The molecule has 0 aromatic carbocycles. The molecular weight excluding hydrogens is 230 g/mol. The van der Waals surface area contributed by atoms with Crippen LogP contribution in [0.5, 0.6) is 0 Å². The lowest BCUT2D eigenvalue weighted by Gasteiger charge is -2.26. The summed E-state index contributed by atoms with van der Waals surface area (Å²) in [7, 11) is 4.17. The Morgan fingerprint density at radius 1 is 1.50 bits per heavy atom. The normalized spacial score (nSPS) is 22.9. The Bertz CT molecular complexity index is 458. The van der Waals surface area contributed by atoms with Gasteiger partial charge in [-0.05, 0) is 33.6 Å². The summed E-state index contributed by atoms with van der Waals surface area (Å²) in [6.07, 6.45) is 2.72. The average molecular weight is 251 g/mol. The van der Waals surface area contributed by atoms with Crippen molar-refractivity contribution in [3.05, 3.63) is 27.9 Å². The van der Waals surface area contributed by atoms with Gasteiger partial charge in [0.1, 0.15) is 5.82 Å². The Morgan fingerprint density at radius 3 is 2.94 bits per heavy atom. The van der Waals surface area contributed by atoms with E-state index in [4.69, 9.17) is 5.73 Å². The molecule has 6 nitrogen and oxygen atoms in total. The van der Waals surface area contributed by atoms with Crippen LogP contribution in [0, 0.1) is 0 Å². The van der Waals surface area contributed by atoms with E-state index < -0.39 is 0 Å². The van der Waals surface area contributed by atoms with Crippen LogP contribution in [-0.2, 0) is 6.54 Å². The van der Waals surface area contributed by atoms with Gasteiger partial charge in [0.2, 0.25) is 0 Å². The highest BCUT2D eigenvalue weighted by Crippen LogP contribution is 2.18. The summed E-state index contributed by atoms with van der Waals surface area (Å²) >= 11 is 0. The third kappa shape index (κ3) is 2.77. The Kier molecular flexibility index (Phi) is 4.11. The SMILES string of the molecule is CN1CCCN(C)C(c2ncc(CN)c(=O)[nH]2)C1. The van der Waals surface area contributed by atoms with E-state index in [0.717, 1.165) is 31.9 Å². The summed E-state index contributed by atoms with van der Waals surface area (Å²) < 4.78 is 0. The largest absolute Gasteiger partial charge is 0.326 e. The molecule has 1 aromatic heterocycles. The molecule has 1 saturated heterocycles. The van der Waals surface area contributed by atoms with Crippen molar-refractivity contribution >= 4 is 0 Å². The van der Waals surface area contributed by atoms with Crippen molar-refractivity contribution in [2.45, 2.75) is 19.0 Å². The van der Waals surface area contributed by atoms with Crippen LogP contribution in [0.15, 0.2) is 11.0 Å². The van der Waals surface area contributed by atoms with Crippen molar-refractivity contribution in [1.82, 2.24) is 19.8 Å². The first-order chi connectivity index (χ1) is 8.61. The van der Waals surface area contributed by atoms with Gasteiger partial charge in [0, 0.05) is 24.8 Å². The highest BCUT2D eigenvalue weighted by molar-refractivity contribution is 5.08. The molecule has 3 N–H and O–H groups in total. The van der Waals surface area contributed by atoms with Gasteiger partial charge in [-0.2, -0.15) is 0 Å². The Balaban J connectivity index is 2.28. The Labute approximate surface area is 107 Å². The molecule has 1 aromatic rings. The number of H-pyrrole nitrogens is 1. The lowest BCUT2D eigenvalue weighted by atomic mass is 10.2. The number of hydrogen-bond donors (Lipinski definition) is 2. The number of rotatable bonds is 2. The van der Waals surface area contributed by atoms with Gasteiger partial charge in [0.25, 0.3) is 5.56 Å². The number of likely N-dealkylation sites (N-methyl/N-ethyl adjacent to an activating group) is 2. The maximum Gasteiger partial charge on any atom is 0.255 e. The predicted molar refractivity (Wildman–Crippen MR) is 70.2 cm³/mol. The molecular formula is C12H21N5O. The Morgan fingerprint density at radius 2 is 2.28 bits per heavy atom. The molecule has 0 aliphatic carbocycles. The van der Waals surface area contributed by atoms with Crippen LogP contribution in [0.4, 0.5) is 0 Å². The van der Waals surface area contributed by atoms with Gasteiger partial charge in [-0.1, -0.05) is 0 Å². The number of nitrogens with one attached hydrogen (secondary N) is 1. The molecule has 18 heavy (non-hydrogen) atoms. The zero-order chi connectivity index (χ0) is 13.1. The first kappa shape index (κ1) is 13.2.